The van der Waals surface area contributed by atoms with Gasteiger partial charge >= 0.3 is 0 Å². The van der Waals surface area contributed by atoms with Gasteiger partial charge in [0.15, 0.2) is 18.1 Å². The molecule has 0 spiro atoms. The van der Waals surface area contributed by atoms with Crippen LogP contribution in [0.25, 0.3) is 11.4 Å². The molecule has 1 N–H and O–H groups in total. The van der Waals surface area contributed by atoms with E-state index in [9.17, 15) is 4.79 Å². The van der Waals surface area contributed by atoms with Gasteiger partial charge in [0, 0.05) is 30.5 Å². The second-order valence-electron chi connectivity index (χ2n) is 8.97. The number of carbonyl (C=O) groups excluding carboxylic acids is 1. The highest BCUT2D eigenvalue weighted by molar-refractivity contribution is 5.77. The van der Waals surface area contributed by atoms with Crippen LogP contribution in [-0.2, 0) is 17.6 Å². The predicted molar refractivity (Wildman–Crippen MR) is 127 cm³/mol. The van der Waals surface area contributed by atoms with Crippen LogP contribution in [0.2, 0.25) is 0 Å². The summed E-state index contributed by atoms with van der Waals surface area (Å²) in [5.74, 6) is 3.19. The molecule has 34 heavy (non-hydrogen) atoms. The number of fused-ring (bicyclic) bond motifs is 1. The number of para-hydroxylation sites is 1. The highest BCUT2D eigenvalue weighted by Gasteiger charge is 2.32. The van der Waals surface area contributed by atoms with Gasteiger partial charge in [-0.05, 0) is 57.0 Å². The van der Waals surface area contributed by atoms with Crippen LogP contribution in [0.4, 0.5) is 0 Å². The molecule has 4 rings (SSSR count). The van der Waals surface area contributed by atoms with Gasteiger partial charge in [-0.2, -0.15) is 4.98 Å². The fourth-order valence-corrected chi connectivity index (χ4v) is 3.91. The third kappa shape index (κ3) is 6.07. The van der Waals surface area contributed by atoms with Crippen LogP contribution in [0.15, 0.2) is 47.0 Å². The summed E-state index contributed by atoms with van der Waals surface area (Å²) in [6.45, 7) is 4.65. The molecule has 1 amide bonds. The Morgan fingerprint density at radius 3 is 2.74 bits per heavy atom. The number of carbonyl (C=O) groups is 1. The third-order valence-corrected chi connectivity index (χ3v) is 5.62. The summed E-state index contributed by atoms with van der Waals surface area (Å²) in [5, 5.41) is 6.95. The minimum atomic E-state index is -0.247. The van der Waals surface area contributed by atoms with Crippen LogP contribution >= 0.6 is 0 Å². The number of amides is 1. The lowest BCUT2D eigenvalue weighted by atomic mass is 10.0. The molecule has 1 aliphatic heterocycles. The Kier molecular flexibility index (Phi) is 7.35. The topological polar surface area (TPSA) is 95.7 Å². The van der Waals surface area contributed by atoms with Gasteiger partial charge < -0.3 is 24.1 Å². The Labute approximate surface area is 199 Å². The molecule has 0 unspecified atom stereocenters. The Morgan fingerprint density at radius 1 is 1.12 bits per heavy atom. The molecule has 8 nitrogen and oxygen atoms in total. The number of ether oxygens (including phenoxy) is 3. The maximum Gasteiger partial charge on any atom is 0.257 e. The molecule has 0 bridgehead atoms. The number of rotatable bonds is 11. The second-order valence-corrected chi connectivity index (χ2v) is 8.97. The summed E-state index contributed by atoms with van der Waals surface area (Å²) in [5.41, 5.74) is 1.75. The van der Waals surface area contributed by atoms with E-state index in [2.05, 4.69) is 15.5 Å². The minimum Gasteiger partial charge on any atom is -0.497 e. The number of methoxy groups -OCH3 is 1. The first kappa shape index (κ1) is 23.6. The first-order valence-corrected chi connectivity index (χ1v) is 11.6. The molecule has 8 heteroatoms. The van der Waals surface area contributed by atoms with Crippen LogP contribution in [0.5, 0.6) is 17.2 Å². The zero-order valence-electron chi connectivity index (χ0n) is 19.9. The first-order chi connectivity index (χ1) is 16.4. The van der Waals surface area contributed by atoms with Gasteiger partial charge in [0.1, 0.15) is 11.4 Å². The van der Waals surface area contributed by atoms with Gasteiger partial charge in [0.05, 0.1) is 7.11 Å². The van der Waals surface area contributed by atoms with Crippen molar-refractivity contribution in [2.24, 2.45) is 0 Å². The third-order valence-electron chi connectivity index (χ3n) is 5.62. The molecule has 0 aliphatic carbocycles. The SMILES string of the molecule is COc1ccc(-c2noc(CCCCCNC(=O)COc3cccc4c3OC(C)(C)C4)n2)cc1. The van der Waals surface area contributed by atoms with Crippen LogP contribution in [-0.4, -0.2) is 41.9 Å². The van der Waals surface area contributed by atoms with Crippen LogP contribution in [0.3, 0.4) is 0 Å². The summed E-state index contributed by atoms with van der Waals surface area (Å²) in [6, 6.07) is 13.3. The Balaban J connectivity index is 1.12. The van der Waals surface area contributed by atoms with E-state index in [1.807, 2.05) is 56.3 Å². The molecule has 180 valence electrons. The smallest absolute Gasteiger partial charge is 0.257 e. The van der Waals surface area contributed by atoms with Crippen molar-refractivity contribution in [1.82, 2.24) is 15.5 Å². The maximum absolute atomic E-state index is 12.2. The number of nitrogens with one attached hydrogen (secondary N) is 1. The van der Waals surface area contributed by atoms with Crippen molar-refractivity contribution in [2.45, 2.75) is 51.6 Å². The molecule has 0 radical (unpaired) electrons. The molecule has 0 saturated heterocycles. The highest BCUT2D eigenvalue weighted by atomic mass is 16.5. The second kappa shape index (κ2) is 10.6. The van der Waals surface area contributed by atoms with Crippen molar-refractivity contribution < 1.29 is 23.5 Å². The summed E-state index contributed by atoms with van der Waals surface area (Å²) < 4.78 is 22.2. The van der Waals surface area contributed by atoms with Crippen molar-refractivity contribution in [3.63, 3.8) is 0 Å². The molecule has 1 aromatic heterocycles. The Hall–Kier alpha value is -3.55. The van der Waals surface area contributed by atoms with Crippen LogP contribution in [0.1, 0.15) is 44.6 Å². The number of aryl methyl sites for hydroxylation is 1. The van der Waals surface area contributed by atoms with Gasteiger partial charge in [-0.1, -0.05) is 23.7 Å². The summed E-state index contributed by atoms with van der Waals surface area (Å²) in [6.07, 6.45) is 4.24. The van der Waals surface area contributed by atoms with Gasteiger partial charge in [-0.15, -0.1) is 0 Å². The van der Waals surface area contributed by atoms with E-state index in [0.29, 0.717) is 30.4 Å². The lowest BCUT2D eigenvalue weighted by Crippen LogP contribution is -2.29. The standard InChI is InChI=1S/C26H31N3O5/c1-26(2)16-19-8-7-9-21(24(19)33-26)32-17-22(30)27-15-6-4-5-10-23-28-25(29-34-23)18-11-13-20(31-3)14-12-18/h7-9,11-14H,4-6,10,15-17H2,1-3H3,(H,27,30). The van der Waals surface area contributed by atoms with Crippen LogP contribution < -0.4 is 19.5 Å². The fraction of sp³-hybridized carbons (Fsp3) is 0.423. The molecular weight excluding hydrogens is 434 g/mol. The zero-order chi connectivity index (χ0) is 24.0. The fourth-order valence-electron chi connectivity index (χ4n) is 3.91. The average Bonchev–Trinajstić information content (AvgIpc) is 3.43. The van der Waals surface area contributed by atoms with E-state index in [1.165, 1.54) is 0 Å². The van der Waals surface area contributed by atoms with E-state index in [1.54, 1.807) is 7.11 Å². The van der Waals surface area contributed by atoms with Gasteiger partial charge in [0.2, 0.25) is 11.7 Å². The number of benzene rings is 2. The number of hydrogen-bond donors (Lipinski definition) is 1. The first-order valence-electron chi connectivity index (χ1n) is 11.6. The van der Waals surface area contributed by atoms with Crippen LogP contribution in [0, 0.1) is 0 Å². The lowest BCUT2D eigenvalue weighted by molar-refractivity contribution is -0.123. The van der Waals surface area contributed by atoms with E-state index < -0.39 is 0 Å². The molecular formula is C26H31N3O5. The monoisotopic (exact) mass is 465 g/mol. The quantitative estimate of drug-likeness (QED) is 0.420. The summed E-state index contributed by atoms with van der Waals surface area (Å²) in [4.78, 5) is 16.6. The normalized spacial score (nSPS) is 13.7. The Bertz CT molecular complexity index is 1110. The summed E-state index contributed by atoms with van der Waals surface area (Å²) in [7, 11) is 1.63. The van der Waals surface area contributed by atoms with E-state index in [-0.39, 0.29) is 18.1 Å². The molecule has 1 aliphatic rings. The van der Waals surface area contributed by atoms with Crippen molar-refractivity contribution >= 4 is 5.91 Å². The number of nitrogens with zero attached hydrogens (tertiary/aromatic N) is 2. The number of aromatic nitrogens is 2. The average molecular weight is 466 g/mol. The molecule has 2 heterocycles. The predicted octanol–water partition coefficient (Wildman–Crippen LogP) is 4.37. The lowest BCUT2D eigenvalue weighted by Gasteiger charge is -2.18. The van der Waals surface area contributed by atoms with E-state index >= 15 is 0 Å². The molecule has 0 atom stereocenters. The van der Waals surface area contributed by atoms with Gasteiger partial charge in [0.25, 0.3) is 5.91 Å². The summed E-state index contributed by atoms with van der Waals surface area (Å²) >= 11 is 0. The van der Waals surface area contributed by atoms with Crippen molar-refractivity contribution in [2.75, 3.05) is 20.3 Å². The number of hydrogen-bond acceptors (Lipinski definition) is 7. The Morgan fingerprint density at radius 2 is 1.94 bits per heavy atom. The van der Waals surface area contributed by atoms with Gasteiger partial charge in [-0.3, -0.25) is 4.79 Å². The molecule has 0 fully saturated rings. The number of unbranched alkanes of at least 4 members (excludes halogenated alkanes) is 2. The highest BCUT2D eigenvalue weighted by Crippen LogP contribution is 2.41. The maximum atomic E-state index is 12.2. The van der Waals surface area contributed by atoms with E-state index in [4.69, 9.17) is 18.7 Å². The van der Waals surface area contributed by atoms with Gasteiger partial charge in [-0.25, -0.2) is 0 Å². The van der Waals surface area contributed by atoms with Crippen molar-refractivity contribution in [3.8, 4) is 28.6 Å². The van der Waals surface area contributed by atoms with Crippen molar-refractivity contribution in [1.29, 1.82) is 0 Å². The molecule has 3 aromatic rings. The molecule has 2 aromatic carbocycles. The van der Waals surface area contributed by atoms with Crippen molar-refractivity contribution in [3.05, 3.63) is 53.9 Å². The minimum absolute atomic E-state index is 0.0314. The largest absolute Gasteiger partial charge is 0.497 e. The molecule has 0 saturated carbocycles. The zero-order valence-corrected chi connectivity index (χ0v) is 19.9. The van der Waals surface area contributed by atoms with E-state index in [0.717, 1.165) is 48.3 Å².